The first-order chi connectivity index (χ1) is 13.6. The predicted molar refractivity (Wildman–Crippen MR) is 112 cm³/mol. The van der Waals surface area contributed by atoms with Crippen LogP contribution in [0.15, 0.2) is 60.7 Å². The number of piperidine rings is 1. The molecule has 0 aromatic heterocycles. The molecule has 1 heterocycles. The lowest BCUT2D eigenvalue weighted by Gasteiger charge is -2.34. The van der Waals surface area contributed by atoms with Crippen molar-refractivity contribution in [1.82, 2.24) is 10.2 Å². The van der Waals surface area contributed by atoms with Gasteiger partial charge in [0.25, 0.3) is 0 Å². The maximum absolute atomic E-state index is 13.2. The monoisotopic (exact) mass is 378 g/mol. The molecule has 0 radical (unpaired) electrons. The first-order valence-electron chi connectivity index (χ1n) is 10.2. The molecule has 28 heavy (non-hydrogen) atoms. The quantitative estimate of drug-likeness (QED) is 0.781. The SMILES string of the molecule is CC(C)C(CNC(=O)C(c1ccccc1)N1CCCCC1=O)c1ccccc1. The summed E-state index contributed by atoms with van der Waals surface area (Å²) in [4.78, 5) is 27.5. The zero-order chi connectivity index (χ0) is 19.9. The molecule has 4 nitrogen and oxygen atoms in total. The van der Waals surface area contributed by atoms with Gasteiger partial charge in [-0.05, 0) is 29.9 Å². The number of nitrogens with zero attached hydrogens (tertiary/aromatic N) is 1. The van der Waals surface area contributed by atoms with Gasteiger partial charge in [0.1, 0.15) is 6.04 Å². The van der Waals surface area contributed by atoms with Crippen LogP contribution < -0.4 is 5.32 Å². The van der Waals surface area contributed by atoms with Gasteiger partial charge < -0.3 is 10.2 Å². The summed E-state index contributed by atoms with van der Waals surface area (Å²) in [5, 5.41) is 3.15. The van der Waals surface area contributed by atoms with Gasteiger partial charge >= 0.3 is 0 Å². The minimum absolute atomic E-state index is 0.0683. The van der Waals surface area contributed by atoms with Gasteiger partial charge in [0.15, 0.2) is 0 Å². The highest BCUT2D eigenvalue weighted by Crippen LogP contribution is 2.27. The van der Waals surface area contributed by atoms with E-state index in [-0.39, 0.29) is 17.7 Å². The molecule has 3 rings (SSSR count). The zero-order valence-corrected chi connectivity index (χ0v) is 16.8. The van der Waals surface area contributed by atoms with Gasteiger partial charge in [-0.25, -0.2) is 0 Å². The van der Waals surface area contributed by atoms with E-state index < -0.39 is 6.04 Å². The second-order valence-corrected chi connectivity index (χ2v) is 7.86. The lowest BCUT2D eigenvalue weighted by Crippen LogP contribution is -2.46. The first kappa shape index (κ1) is 20.1. The Morgan fingerprint density at radius 2 is 1.57 bits per heavy atom. The van der Waals surface area contributed by atoms with Crippen molar-refractivity contribution in [2.75, 3.05) is 13.1 Å². The summed E-state index contributed by atoms with van der Waals surface area (Å²) >= 11 is 0. The van der Waals surface area contributed by atoms with Crippen molar-refractivity contribution in [1.29, 1.82) is 0 Å². The highest BCUT2D eigenvalue weighted by Gasteiger charge is 2.33. The molecule has 1 saturated heterocycles. The van der Waals surface area contributed by atoms with Crippen LogP contribution in [0.3, 0.4) is 0 Å². The van der Waals surface area contributed by atoms with Crippen molar-refractivity contribution >= 4 is 11.8 Å². The Kier molecular flexibility index (Phi) is 6.85. The predicted octanol–water partition coefficient (Wildman–Crippen LogP) is 4.30. The van der Waals surface area contributed by atoms with E-state index in [4.69, 9.17) is 0 Å². The molecule has 2 aromatic carbocycles. The molecule has 1 aliphatic rings. The van der Waals surface area contributed by atoms with Crippen molar-refractivity contribution in [2.45, 2.75) is 45.1 Å². The molecule has 1 aliphatic heterocycles. The van der Waals surface area contributed by atoms with Crippen molar-refractivity contribution in [3.05, 3.63) is 71.8 Å². The van der Waals surface area contributed by atoms with E-state index in [0.29, 0.717) is 25.4 Å². The number of amides is 2. The van der Waals surface area contributed by atoms with E-state index >= 15 is 0 Å². The van der Waals surface area contributed by atoms with Crippen LogP contribution in [0.4, 0.5) is 0 Å². The van der Waals surface area contributed by atoms with Crippen LogP contribution in [0.1, 0.15) is 56.2 Å². The molecule has 2 unspecified atom stereocenters. The minimum Gasteiger partial charge on any atom is -0.353 e. The molecule has 2 amide bonds. The Balaban J connectivity index is 1.78. The molecule has 4 heteroatoms. The third kappa shape index (κ3) is 4.80. The fraction of sp³-hybridized carbons (Fsp3) is 0.417. The fourth-order valence-electron chi connectivity index (χ4n) is 3.95. The van der Waals surface area contributed by atoms with Crippen LogP contribution in [-0.2, 0) is 9.59 Å². The average Bonchev–Trinajstić information content (AvgIpc) is 2.71. The summed E-state index contributed by atoms with van der Waals surface area (Å²) in [6.07, 6.45) is 2.37. The lowest BCUT2D eigenvalue weighted by atomic mass is 9.88. The maximum atomic E-state index is 13.2. The molecule has 2 atom stereocenters. The summed E-state index contributed by atoms with van der Waals surface area (Å²) in [6, 6.07) is 19.4. The minimum atomic E-state index is -0.558. The third-order valence-electron chi connectivity index (χ3n) is 5.56. The Morgan fingerprint density at radius 1 is 0.964 bits per heavy atom. The highest BCUT2D eigenvalue weighted by molar-refractivity contribution is 5.89. The van der Waals surface area contributed by atoms with Gasteiger partial charge in [0.2, 0.25) is 11.8 Å². The summed E-state index contributed by atoms with van der Waals surface area (Å²) in [7, 11) is 0. The fourth-order valence-corrected chi connectivity index (χ4v) is 3.95. The first-order valence-corrected chi connectivity index (χ1v) is 10.2. The van der Waals surface area contributed by atoms with Gasteiger partial charge in [-0.2, -0.15) is 0 Å². The van der Waals surface area contributed by atoms with Crippen LogP contribution in [0.25, 0.3) is 0 Å². The van der Waals surface area contributed by atoms with Crippen LogP contribution >= 0.6 is 0 Å². The van der Waals surface area contributed by atoms with Crippen LogP contribution in [-0.4, -0.2) is 29.8 Å². The largest absolute Gasteiger partial charge is 0.353 e. The Bertz CT molecular complexity index is 774. The van der Waals surface area contributed by atoms with Crippen molar-refractivity contribution in [3.63, 3.8) is 0 Å². The van der Waals surface area contributed by atoms with Crippen molar-refractivity contribution in [3.8, 4) is 0 Å². The molecular formula is C24H30N2O2. The van der Waals surface area contributed by atoms with E-state index in [1.807, 2.05) is 48.5 Å². The Hall–Kier alpha value is -2.62. The highest BCUT2D eigenvalue weighted by atomic mass is 16.2. The maximum Gasteiger partial charge on any atom is 0.247 e. The molecular weight excluding hydrogens is 348 g/mol. The van der Waals surface area contributed by atoms with E-state index in [9.17, 15) is 9.59 Å². The van der Waals surface area contributed by atoms with Gasteiger partial charge in [-0.1, -0.05) is 74.5 Å². The normalized spacial score (nSPS) is 16.7. The molecule has 0 spiro atoms. The van der Waals surface area contributed by atoms with Crippen LogP contribution in [0.5, 0.6) is 0 Å². The second kappa shape index (κ2) is 9.54. The molecule has 148 valence electrons. The number of rotatable bonds is 7. The number of benzene rings is 2. The molecule has 1 fully saturated rings. The standard InChI is InChI=1S/C24H30N2O2/c1-18(2)21(19-11-5-3-6-12-19)17-25-24(28)23(20-13-7-4-8-14-20)26-16-10-9-15-22(26)27/h3-8,11-14,18,21,23H,9-10,15-17H2,1-2H3,(H,25,28). The molecule has 0 bridgehead atoms. The summed E-state index contributed by atoms with van der Waals surface area (Å²) in [6.45, 7) is 5.54. The van der Waals surface area contributed by atoms with E-state index in [2.05, 4.69) is 31.3 Å². The number of hydrogen-bond acceptors (Lipinski definition) is 2. The summed E-state index contributed by atoms with van der Waals surface area (Å²) in [5.41, 5.74) is 2.10. The number of likely N-dealkylation sites (tertiary alicyclic amines) is 1. The van der Waals surface area contributed by atoms with E-state index in [0.717, 1.165) is 18.4 Å². The smallest absolute Gasteiger partial charge is 0.247 e. The van der Waals surface area contributed by atoms with Gasteiger partial charge in [0.05, 0.1) is 0 Å². The number of hydrogen-bond donors (Lipinski definition) is 1. The average molecular weight is 379 g/mol. The van der Waals surface area contributed by atoms with Crippen LogP contribution in [0, 0.1) is 5.92 Å². The van der Waals surface area contributed by atoms with Crippen molar-refractivity contribution in [2.24, 2.45) is 5.92 Å². The number of carbonyl (C=O) groups excluding carboxylic acids is 2. The molecule has 0 aliphatic carbocycles. The molecule has 0 saturated carbocycles. The van der Waals surface area contributed by atoms with Gasteiger partial charge in [-0.15, -0.1) is 0 Å². The van der Waals surface area contributed by atoms with Crippen molar-refractivity contribution < 1.29 is 9.59 Å². The van der Waals surface area contributed by atoms with Gasteiger partial charge in [-0.3, -0.25) is 9.59 Å². The molecule has 2 aromatic rings. The second-order valence-electron chi connectivity index (χ2n) is 7.86. The zero-order valence-electron chi connectivity index (χ0n) is 16.8. The number of nitrogens with one attached hydrogen (secondary N) is 1. The summed E-state index contributed by atoms with van der Waals surface area (Å²) in [5.74, 6) is 0.606. The van der Waals surface area contributed by atoms with Gasteiger partial charge in [0, 0.05) is 25.4 Å². The topological polar surface area (TPSA) is 49.4 Å². The third-order valence-corrected chi connectivity index (χ3v) is 5.56. The Morgan fingerprint density at radius 3 is 2.14 bits per heavy atom. The summed E-state index contributed by atoms with van der Waals surface area (Å²) < 4.78 is 0. The van der Waals surface area contributed by atoms with Crippen LogP contribution in [0.2, 0.25) is 0 Å². The molecule has 1 N–H and O–H groups in total. The van der Waals surface area contributed by atoms with E-state index in [1.165, 1.54) is 5.56 Å². The van der Waals surface area contributed by atoms with E-state index in [1.54, 1.807) is 4.90 Å². The lowest BCUT2D eigenvalue weighted by molar-refractivity contribution is -0.142. The number of carbonyl (C=O) groups is 2. The Labute approximate surface area is 167 Å².